The Hall–Kier alpha value is -0.730. The second-order valence-corrected chi connectivity index (χ2v) is 6.60. The van der Waals surface area contributed by atoms with E-state index >= 15 is 0 Å². The number of anilines is 1. The summed E-state index contributed by atoms with van der Waals surface area (Å²) in [4.78, 5) is 2.36. The van der Waals surface area contributed by atoms with Crippen LogP contribution >= 0.6 is 11.6 Å². The molecule has 106 valence electrons. The van der Waals surface area contributed by atoms with E-state index < -0.39 is 0 Å². The summed E-state index contributed by atoms with van der Waals surface area (Å²) < 4.78 is 0. The topological polar surface area (TPSA) is 15.3 Å². The van der Waals surface area contributed by atoms with Crippen molar-refractivity contribution < 1.29 is 0 Å². The van der Waals surface area contributed by atoms with Crippen LogP contribution in [0.5, 0.6) is 0 Å². The molecule has 1 aliphatic rings. The molecular formula is C16H25ClN2. The maximum Gasteiger partial charge on any atom is 0.0426 e. The predicted octanol–water partition coefficient (Wildman–Crippen LogP) is 3.93. The zero-order chi connectivity index (χ0) is 14.0. The van der Waals surface area contributed by atoms with E-state index in [-0.39, 0.29) is 0 Å². The van der Waals surface area contributed by atoms with Crippen LogP contribution in [0, 0.1) is 11.8 Å². The van der Waals surface area contributed by atoms with Gasteiger partial charge >= 0.3 is 0 Å². The molecule has 0 aliphatic heterocycles. The normalized spacial score (nSPS) is 21.8. The summed E-state index contributed by atoms with van der Waals surface area (Å²) in [6, 6.07) is 6.71. The van der Waals surface area contributed by atoms with Gasteiger partial charge in [-0.3, -0.25) is 0 Å². The van der Waals surface area contributed by atoms with Gasteiger partial charge in [0.2, 0.25) is 0 Å². The van der Waals surface area contributed by atoms with E-state index in [0.717, 1.165) is 29.9 Å². The first-order valence-corrected chi connectivity index (χ1v) is 7.58. The third-order valence-electron chi connectivity index (χ3n) is 3.94. The lowest BCUT2D eigenvalue weighted by Gasteiger charge is -2.23. The fraction of sp³-hybridized carbons (Fsp3) is 0.625. The Labute approximate surface area is 122 Å². The lowest BCUT2D eigenvalue weighted by Crippen LogP contribution is -2.26. The summed E-state index contributed by atoms with van der Waals surface area (Å²) in [6.07, 6.45) is 1.37. The van der Waals surface area contributed by atoms with Gasteiger partial charge in [-0.25, -0.2) is 0 Å². The van der Waals surface area contributed by atoms with Crippen molar-refractivity contribution in [1.29, 1.82) is 0 Å². The van der Waals surface area contributed by atoms with Gasteiger partial charge in [-0.2, -0.15) is 0 Å². The Morgan fingerprint density at radius 1 is 1.42 bits per heavy atom. The Morgan fingerprint density at radius 3 is 2.68 bits per heavy atom. The number of benzene rings is 1. The summed E-state index contributed by atoms with van der Waals surface area (Å²) in [6.45, 7) is 8.71. The van der Waals surface area contributed by atoms with E-state index in [1.807, 2.05) is 6.07 Å². The molecule has 1 N–H and O–H groups in total. The number of nitrogens with zero attached hydrogens (tertiary/aromatic N) is 1. The highest BCUT2D eigenvalue weighted by atomic mass is 35.5. The summed E-state index contributed by atoms with van der Waals surface area (Å²) in [7, 11) is 2.18. The van der Waals surface area contributed by atoms with Crippen molar-refractivity contribution in [2.75, 3.05) is 18.5 Å². The van der Waals surface area contributed by atoms with Gasteiger partial charge in [0, 0.05) is 36.9 Å². The lowest BCUT2D eigenvalue weighted by molar-refractivity contribution is 0.587. The average Bonchev–Trinajstić information content (AvgIpc) is 3.03. The van der Waals surface area contributed by atoms with Crippen molar-refractivity contribution in [3.63, 3.8) is 0 Å². The molecule has 1 aliphatic carbocycles. The Morgan fingerprint density at radius 2 is 2.11 bits per heavy atom. The predicted molar refractivity (Wildman–Crippen MR) is 84.0 cm³/mol. The summed E-state index contributed by atoms with van der Waals surface area (Å²) in [5.74, 6) is 1.74. The van der Waals surface area contributed by atoms with Gasteiger partial charge in [-0.15, -0.1) is 0 Å². The van der Waals surface area contributed by atoms with Gasteiger partial charge in [0.15, 0.2) is 0 Å². The van der Waals surface area contributed by atoms with Crippen LogP contribution in [0.1, 0.15) is 32.8 Å². The highest BCUT2D eigenvalue weighted by Gasteiger charge is 2.33. The van der Waals surface area contributed by atoms with Gasteiger partial charge < -0.3 is 10.2 Å². The van der Waals surface area contributed by atoms with Crippen molar-refractivity contribution in [2.45, 2.75) is 39.8 Å². The van der Waals surface area contributed by atoms with Crippen LogP contribution in [-0.2, 0) is 6.54 Å². The zero-order valence-corrected chi connectivity index (χ0v) is 13.2. The molecule has 1 aromatic rings. The molecule has 2 atom stereocenters. The van der Waals surface area contributed by atoms with Crippen molar-refractivity contribution >= 4 is 17.3 Å². The van der Waals surface area contributed by atoms with Crippen LogP contribution in [0.2, 0.25) is 5.02 Å². The summed E-state index contributed by atoms with van der Waals surface area (Å²) in [5.41, 5.74) is 2.59. The first-order valence-electron chi connectivity index (χ1n) is 7.20. The molecule has 2 unspecified atom stereocenters. The molecule has 0 amide bonds. The van der Waals surface area contributed by atoms with Crippen molar-refractivity contribution in [3.05, 3.63) is 28.8 Å². The molecule has 0 heterocycles. The second kappa shape index (κ2) is 6.15. The third kappa shape index (κ3) is 4.12. The zero-order valence-electron chi connectivity index (χ0n) is 12.4. The first kappa shape index (κ1) is 14.7. The van der Waals surface area contributed by atoms with E-state index in [4.69, 9.17) is 11.6 Å². The lowest BCUT2D eigenvalue weighted by atomic mass is 10.1. The van der Waals surface area contributed by atoms with E-state index in [9.17, 15) is 0 Å². The van der Waals surface area contributed by atoms with Crippen molar-refractivity contribution in [1.82, 2.24) is 5.32 Å². The number of hydrogen-bond acceptors (Lipinski definition) is 2. The SMILES string of the molecule is CC(C)NCc1ccc(Cl)cc1N(C)CC1CC1C. The number of nitrogens with one attached hydrogen (secondary N) is 1. The molecule has 1 fully saturated rings. The van der Waals surface area contributed by atoms with E-state index in [2.05, 4.69) is 50.2 Å². The van der Waals surface area contributed by atoms with Crippen LogP contribution in [0.3, 0.4) is 0 Å². The minimum atomic E-state index is 0.497. The van der Waals surface area contributed by atoms with Gasteiger partial charge in [0.1, 0.15) is 0 Å². The van der Waals surface area contributed by atoms with Crippen LogP contribution in [0.4, 0.5) is 5.69 Å². The molecular weight excluding hydrogens is 256 g/mol. The van der Waals surface area contributed by atoms with Crippen molar-refractivity contribution in [2.24, 2.45) is 11.8 Å². The van der Waals surface area contributed by atoms with Crippen LogP contribution in [-0.4, -0.2) is 19.6 Å². The minimum absolute atomic E-state index is 0.497. The molecule has 0 spiro atoms. The first-order chi connectivity index (χ1) is 8.97. The van der Waals surface area contributed by atoms with Crippen LogP contribution in [0.15, 0.2) is 18.2 Å². The highest BCUT2D eigenvalue weighted by molar-refractivity contribution is 6.30. The quantitative estimate of drug-likeness (QED) is 0.849. The maximum atomic E-state index is 6.16. The molecule has 19 heavy (non-hydrogen) atoms. The molecule has 2 rings (SSSR count). The van der Waals surface area contributed by atoms with Gasteiger partial charge in [0.25, 0.3) is 0 Å². The highest BCUT2D eigenvalue weighted by Crippen LogP contribution is 2.39. The van der Waals surface area contributed by atoms with Gasteiger partial charge in [-0.05, 0) is 36.0 Å². The molecule has 0 bridgehead atoms. The van der Waals surface area contributed by atoms with Crippen LogP contribution in [0.25, 0.3) is 0 Å². The third-order valence-corrected chi connectivity index (χ3v) is 4.18. The monoisotopic (exact) mass is 280 g/mol. The van der Waals surface area contributed by atoms with Crippen molar-refractivity contribution in [3.8, 4) is 0 Å². The van der Waals surface area contributed by atoms with E-state index in [1.54, 1.807) is 0 Å². The molecule has 2 nitrogen and oxygen atoms in total. The fourth-order valence-electron chi connectivity index (χ4n) is 2.46. The number of halogens is 1. The standard InChI is InChI=1S/C16H25ClN2/c1-11(2)18-9-13-5-6-15(17)8-16(13)19(4)10-14-7-12(14)3/h5-6,8,11-12,14,18H,7,9-10H2,1-4H3. The van der Waals surface area contributed by atoms with E-state index in [1.165, 1.54) is 17.7 Å². The molecule has 1 saturated carbocycles. The Kier molecular flexibility index (Phi) is 4.75. The average molecular weight is 281 g/mol. The number of rotatable bonds is 6. The summed E-state index contributed by atoms with van der Waals surface area (Å²) in [5, 5.41) is 4.30. The fourth-order valence-corrected chi connectivity index (χ4v) is 2.63. The van der Waals surface area contributed by atoms with Gasteiger partial charge in [0.05, 0.1) is 0 Å². The largest absolute Gasteiger partial charge is 0.374 e. The Balaban J connectivity index is 2.09. The second-order valence-electron chi connectivity index (χ2n) is 6.16. The van der Waals surface area contributed by atoms with E-state index in [0.29, 0.717) is 6.04 Å². The maximum absolute atomic E-state index is 6.16. The molecule has 0 radical (unpaired) electrons. The molecule has 1 aromatic carbocycles. The smallest absolute Gasteiger partial charge is 0.0426 e. The minimum Gasteiger partial charge on any atom is -0.374 e. The molecule has 0 saturated heterocycles. The van der Waals surface area contributed by atoms with Gasteiger partial charge in [-0.1, -0.05) is 38.4 Å². The molecule has 3 heteroatoms. The van der Waals surface area contributed by atoms with Crippen LogP contribution < -0.4 is 10.2 Å². The Bertz CT molecular complexity index is 431. The molecule has 0 aromatic heterocycles. The number of hydrogen-bond donors (Lipinski definition) is 1. The summed E-state index contributed by atoms with van der Waals surface area (Å²) >= 11 is 6.16.